The Balaban J connectivity index is 0.000000134. The van der Waals surface area contributed by atoms with Crippen molar-refractivity contribution in [1.29, 1.82) is 0 Å². The summed E-state index contributed by atoms with van der Waals surface area (Å²) in [4.78, 5) is 30.2. The van der Waals surface area contributed by atoms with E-state index < -0.39 is 0 Å². The number of benzene rings is 20. The van der Waals surface area contributed by atoms with Crippen molar-refractivity contribution in [3.63, 3.8) is 0 Å². The number of hydrogen-bond acceptors (Lipinski definition) is 10. The van der Waals surface area contributed by atoms with Crippen LogP contribution in [0.4, 0.5) is 0 Å². The summed E-state index contributed by atoms with van der Waals surface area (Å²) in [5, 5.41) is 18.5. The summed E-state index contributed by atoms with van der Waals surface area (Å²) in [5.41, 5.74) is 29.2. The van der Waals surface area contributed by atoms with Gasteiger partial charge < -0.3 is 31.5 Å². The Bertz CT molecular complexity index is 10300. The molecule has 0 atom stereocenters. The van der Waals surface area contributed by atoms with E-state index >= 15 is 0 Å². The summed E-state index contributed by atoms with van der Waals surface area (Å²) in [5.74, 6) is 3.81. The third-order valence-corrected chi connectivity index (χ3v) is 29.2. The van der Waals surface area contributed by atoms with E-state index in [1.54, 1.807) is 11.3 Å². The Labute approximate surface area is 802 Å². The zero-order valence-electron chi connectivity index (χ0n) is 74.8. The number of thiophene rings is 1. The van der Waals surface area contributed by atoms with E-state index in [0.717, 1.165) is 171 Å². The first-order chi connectivity index (χ1) is 69.4. The van der Waals surface area contributed by atoms with Gasteiger partial charge in [0.15, 0.2) is 34.9 Å². The standard InChI is InChI=1S/C63H37N5O2.C63H37N5OS/c1-3-13-38(14-4-1)61-64-62(39-15-5-2-6-16-39)66-63(65-61)42-25-30-58-50(35-42)52-37-44(27-32-60(52)70-58)68-54-21-11-8-18-46(54)49-34-41(24-29-56(49)68)40-23-28-55-48(33-40)45-17-7-10-20-53(45)67(55)43-26-31-59-51(36-43)47-19-9-12-22-57(47)69-59;1-3-15-38(16-4-1)61-64-62(39-17-5-2-6-18-39)66-63(65-61)48-24-13-22-46-47-23-14-27-56(60(47)70-59(46)48)68-53-26-11-8-20-44(53)50-36-41(30-33-55(50)68)40-29-32-54-49(35-40)43-19-7-10-25-52(43)67(54)42-31-34-58-51(37-42)45-21-9-12-28-57(45)69-58/h2*1-37H. The second-order valence-electron chi connectivity index (χ2n) is 35.9. The first-order valence-electron chi connectivity index (χ1n) is 47.0. The average Bonchev–Trinajstić information content (AvgIpc) is 1.57. The predicted octanol–water partition coefficient (Wildman–Crippen LogP) is 33.5. The minimum Gasteiger partial charge on any atom is -0.456 e. The van der Waals surface area contributed by atoms with E-state index in [1.807, 2.05) is 133 Å². The van der Waals surface area contributed by atoms with Crippen LogP contribution in [0.1, 0.15) is 0 Å². The van der Waals surface area contributed by atoms with Crippen LogP contribution in [0.2, 0.25) is 0 Å². The Kier molecular flexibility index (Phi) is 17.7. The number of nitrogens with zero attached hydrogens (tertiary/aromatic N) is 10. The number of aromatic nitrogens is 10. The second kappa shape index (κ2) is 31.4. The minimum atomic E-state index is 0.601. The Morgan fingerprint density at radius 3 is 0.814 bits per heavy atom. The van der Waals surface area contributed by atoms with Gasteiger partial charge in [-0.2, -0.15) is 0 Å². The first-order valence-corrected chi connectivity index (χ1v) is 47.8. The van der Waals surface area contributed by atoms with Crippen LogP contribution in [0.25, 0.3) is 287 Å². The third kappa shape index (κ3) is 12.6. The van der Waals surface area contributed by atoms with Gasteiger partial charge in [-0.25, -0.2) is 29.9 Å². The fourth-order valence-corrected chi connectivity index (χ4v) is 22.8. The largest absolute Gasteiger partial charge is 0.456 e. The Morgan fingerprint density at radius 2 is 0.421 bits per heavy atom. The average molecular weight is 1810 g/mol. The van der Waals surface area contributed by atoms with Crippen molar-refractivity contribution in [1.82, 2.24) is 48.2 Å². The van der Waals surface area contributed by atoms with Crippen LogP contribution in [0.3, 0.4) is 0 Å². The molecule has 20 aromatic carbocycles. The molecule has 14 heteroatoms. The van der Waals surface area contributed by atoms with Gasteiger partial charge in [0.05, 0.1) is 54.5 Å². The predicted molar refractivity (Wildman–Crippen MR) is 575 cm³/mol. The fraction of sp³-hybridized carbons (Fsp3) is 0. The van der Waals surface area contributed by atoms with Gasteiger partial charge in [0.25, 0.3) is 0 Å². The molecule has 10 aromatic heterocycles. The van der Waals surface area contributed by atoms with E-state index in [4.69, 9.17) is 43.2 Å². The maximum absolute atomic E-state index is 6.49. The lowest BCUT2D eigenvalue weighted by molar-refractivity contribution is 0.668. The molecule has 0 saturated heterocycles. The maximum atomic E-state index is 6.49. The van der Waals surface area contributed by atoms with Crippen LogP contribution in [-0.4, -0.2) is 48.2 Å². The number of fused-ring (bicyclic) bond motifs is 24. The summed E-state index contributed by atoms with van der Waals surface area (Å²) in [6.07, 6.45) is 0. The molecule has 140 heavy (non-hydrogen) atoms. The normalized spacial score (nSPS) is 12.0. The lowest BCUT2D eigenvalue weighted by Gasteiger charge is -2.10. The van der Waals surface area contributed by atoms with Crippen LogP contribution in [-0.2, 0) is 0 Å². The quantitative estimate of drug-likeness (QED) is 0.117. The minimum absolute atomic E-state index is 0.601. The van der Waals surface area contributed by atoms with Crippen molar-refractivity contribution in [2.75, 3.05) is 0 Å². The highest BCUT2D eigenvalue weighted by Gasteiger charge is 2.26. The molecular weight excluding hydrogens is 1730 g/mol. The first kappa shape index (κ1) is 78.7. The van der Waals surface area contributed by atoms with E-state index in [0.29, 0.717) is 34.9 Å². The van der Waals surface area contributed by atoms with E-state index in [-0.39, 0.29) is 0 Å². The number of rotatable bonds is 12. The van der Waals surface area contributed by atoms with E-state index in [9.17, 15) is 0 Å². The molecule has 0 bridgehead atoms. The van der Waals surface area contributed by atoms with Crippen LogP contribution in [0.15, 0.2) is 462 Å². The molecule has 0 spiro atoms. The zero-order chi connectivity index (χ0) is 91.7. The van der Waals surface area contributed by atoms with Crippen molar-refractivity contribution < 1.29 is 13.3 Å². The van der Waals surface area contributed by atoms with Crippen molar-refractivity contribution >= 4 is 185 Å². The lowest BCUT2D eigenvalue weighted by atomic mass is 10.0. The lowest BCUT2D eigenvalue weighted by Crippen LogP contribution is -2.00. The Morgan fingerprint density at radius 1 is 0.157 bits per heavy atom. The molecule has 0 N–H and O–H groups in total. The third-order valence-electron chi connectivity index (χ3n) is 27.9. The van der Waals surface area contributed by atoms with Crippen LogP contribution < -0.4 is 0 Å². The van der Waals surface area contributed by atoms with E-state index in [2.05, 4.69) is 334 Å². The number of hydrogen-bond donors (Lipinski definition) is 0. The summed E-state index contributed by atoms with van der Waals surface area (Å²) in [6.45, 7) is 0. The van der Waals surface area contributed by atoms with Crippen LogP contribution in [0.5, 0.6) is 0 Å². The van der Waals surface area contributed by atoms with Gasteiger partial charge >= 0.3 is 0 Å². The van der Waals surface area contributed by atoms with Crippen molar-refractivity contribution in [3.8, 4) is 113 Å². The van der Waals surface area contributed by atoms with Crippen molar-refractivity contribution in [2.45, 2.75) is 0 Å². The summed E-state index contributed by atoms with van der Waals surface area (Å²) in [7, 11) is 0. The van der Waals surface area contributed by atoms with Gasteiger partial charge in [0.1, 0.15) is 33.5 Å². The molecule has 0 amide bonds. The van der Waals surface area contributed by atoms with E-state index in [1.165, 1.54) is 80.7 Å². The van der Waals surface area contributed by atoms with Gasteiger partial charge in [0.2, 0.25) is 0 Å². The van der Waals surface area contributed by atoms with Gasteiger partial charge in [-0.05, 0) is 192 Å². The molecule has 0 aliphatic heterocycles. The summed E-state index contributed by atoms with van der Waals surface area (Å²) < 4.78 is 30.8. The number of furan rings is 3. The summed E-state index contributed by atoms with van der Waals surface area (Å²) in [6, 6.07) is 159. The molecule has 0 fully saturated rings. The topological polar surface area (TPSA) is 136 Å². The summed E-state index contributed by atoms with van der Waals surface area (Å²) >= 11 is 1.80. The zero-order valence-corrected chi connectivity index (χ0v) is 75.6. The number of para-hydroxylation sites is 6. The highest BCUT2D eigenvalue weighted by Crippen LogP contribution is 2.49. The molecule has 0 saturated carbocycles. The van der Waals surface area contributed by atoms with Gasteiger partial charge in [-0.15, -0.1) is 11.3 Å². The highest BCUT2D eigenvalue weighted by atomic mass is 32.1. The molecule has 10 heterocycles. The molecule has 0 radical (unpaired) electrons. The molecular formula is C126H74N10O3S. The van der Waals surface area contributed by atoms with Crippen molar-refractivity contribution in [3.05, 3.63) is 449 Å². The molecule has 30 aromatic rings. The Hall–Kier alpha value is -18.8. The highest BCUT2D eigenvalue weighted by molar-refractivity contribution is 7.26. The fourth-order valence-electron chi connectivity index (χ4n) is 21.5. The van der Waals surface area contributed by atoms with Gasteiger partial charge in [0, 0.05) is 141 Å². The molecule has 13 nitrogen and oxygen atoms in total. The molecule has 0 aliphatic rings. The maximum Gasteiger partial charge on any atom is 0.165 e. The van der Waals surface area contributed by atoms with Crippen LogP contribution in [0, 0.1) is 0 Å². The van der Waals surface area contributed by atoms with Crippen LogP contribution >= 0.6 is 11.3 Å². The molecule has 0 unspecified atom stereocenters. The van der Waals surface area contributed by atoms with Gasteiger partial charge in [-0.1, -0.05) is 279 Å². The monoisotopic (exact) mass is 1810 g/mol. The molecule has 652 valence electrons. The molecule has 30 rings (SSSR count). The SMILES string of the molecule is c1ccc(-c2nc(-c3ccccc3)nc(-c3ccc4oc5ccc(-n6c7ccccc7c7cc(-c8ccc9c(c8)c8ccccc8n9-c8ccc9oc%10ccccc%10c9c8)ccc76)cc5c4c3)n2)cc1.c1ccc(-c2nc(-c3ccccc3)nc(-c3cccc4c3sc3c(-n5c6ccccc6c6cc(-c7ccc8c(c7)c7ccccc7n8-c7ccc8oc9ccccc9c8c7)ccc65)cccc34)n2)cc1. The van der Waals surface area contributed by atoms with Gasteiger partial charge in [-0.3, -0.25) is 0 Å². The smallest absolute Gasteiger partial charge is 0.165 e. The molecule has 0 aliphatic carbocycles. The second-order valence-corrected chi connectivity index (χ2v) is 36.9. The van der Waals surface area contributed by atoms with Crippen molar-refractivity contribution in [2.24, 2.45) is 0 Å².